The summed E-state index contributed by atoms with van der Waals surface area (Å²) in [6, 6.07) is -2.19. The first-order valence-corrected chi connectivity index (χ1v) is 9.09. The molecule has 2 bridgehead atoms. The Morgan fingerprint density at radius 2 is 2.08 bits per heavy atom. The van der Waals surface area contributed by atoms with Crippen molar-refractivity contribution in [3.05, 3.63) is 11.6 Å². The maximum absolute atomic E-state index is 12.5. The molecular formula is C13H20N4O6S. The fraction of sp³-hybridized carbons (Fsp3) is 0.692. The maximum atomic E-state index is 12.5. The number of hydrogen-bond donors (Lipinski definition) is 3. The summed E-state index contributed by atoms with van der Waals surface area (Å²) in [5, 5.41) is 6.73. The van der Waals surface area contributed by atoms with Crippen LogP contribution < -0.4 is 10.6 Å². The molecule has 3 heterocycles. The van der Waals surface area contributed by atoms with E-state index in [-0.39, 0.29) is 18.5 Å². The number of piperidine rings is 1. The minimum atomic E-state index is -4.82. The van der Waals surface area contributed by atoms with Crippen molar-refractivity contribution in [2.45, 2.75) is 37.9 Å². The van der Waals surface area contributed by atoms with Crippen molar-refractivity contribution in [3.63, 3.8) is 0 Å². The molecule has 0 aromatic carbocycles. The van der Waals surface area contributed by atoms with Crippen molar-refractivity contribution in [1.29, 1.82) is 0 Å². The molecule has 2 fully saturated rings. The van der Waals surface area contributed by atoms with Gasteiger partial charge in [-0.25, -0.2) is 4.79 Å². The number of amides is 3. The third-order valence-electron chi connectivity index (χ3n) is 4.50. The van der Waals surface area contributed by atoms with Crippen LogP contribution in [0.2, 0.25) is 0 Å². The van der Waals surface area contributed by atoms with Gasteiger partial charge >= 0.3 is 16.4 Å². The van der Waals surface area contributed by atoms with E-state index >= 15 is 0 Å². The van der Waals surface area contributed by atoms with E-state index in [2.05, 4.69) is 14.9 Å². The van der Waals surface area contributed by atoms with E-state index in [4.69, 9.17) is 4.55 Å². The van der Waals surface area contributed by atoms with Gasteiger partial charge in [-0.2, -0.15) is 13.5 Å². The number of urea groups is 1. The molecule has 0 saturated carbocycles. The van der Waals surface area contributed by atoms with E-state index < -0.39 is 28.5 Å². The van der Waals surface area contributed by atoms with E-state index in [0.29, 0.717) is 10.6 Å². The zero-order chi connectivity index (χ0) is 17.5. The molecule has 10 nitrogen and oxygen atoms in total. The predicted octanol–water partition coefficient (Wildman–Crippen LogP) is -0.976. The number of fused-ring (bicyclic) bond motifs is 2. The molecule has 24 heavy (non-hydrogen) atoms. The van der Waals surface area contributed by atoms with Crippen molar-refractivity contribution in [3.8, 4) is 0 Å². The van der Waals surface area contributed by atoms with Crippen molar-refractivity contribution in [2.75, 3.05) is 19.6 Å². The van der Waals surface area contributed by atoms with Gasteiger partial charge in [0.1, 0.15) is 12.1 Å². The third-order valence-corrected chi connectivity index (χ3v) is 4.85. The number of carbonyl (C=O) groups is 2. The summed E-state index contributed by atoms with van der Waals surface area (Å²) in [7, 11) is -4.82. The first kappa shape index (κ1) is 17.1. The third kappa shape index (κ3) is 3.38. The van der Waals surface area contributed by atoms with Crippen LogP contribution >= 0.6 is 0 Å². The topological polar surface area (TPSA) is 128 Å². The summed E-state index contributed by atoms with van der Waals surface area (Å²) < 4.78 is 35.0. The lowest BCUT2D eigenvalue weighted by Gasteiger charge is -2.30. The van der Waals surface area contributed by atoms with Crippen molar-refractivity contribution in [1.82, 2.24) is 20.6 Å². The molecule has 2 saturated heterocycles. The number of carbonyl (C=O) groups excluding carboxylic acids is 2. The first-order chi connectivity index (χ1) is 11.3. The van der Waals surface area contributed by atoms with E-state index in [1.807, 2.05) is 0 Å². The lowest BCUT2D eigenvalue weighted by Crippen LogP contribution is -2.52. The van der Waals surface area contributed by atoms with Gasteiger partial charge in [-0.3, -0.25) is 9.35 Å². The molecule has 0 aliphatic carbocycles. The maximum Gasteiger partial charge on any atom is 0.418 e. The SMILES string of the molecule is CC1=C[C@@H](C(=O)NC2CCNCC2)N2C[C@H]1N(OS(=O)(=O)O)C2=O. The summed E-state index contributed by atoms with van der Waals surface area (Å²) in [6.45, 7) is 3.46. The minimum absolute atomic E-state index is 0.0491. The smallest absolute Gasteiger partial charge is 0.351 e. The molecule has 3 N–H and O–H groups in total. The Morgan fingerprint density at radius 3 is 2.71 bits per heavy atom. The molecule has 3 aliphatic heterocycles. The van der Waals surface area contributed by atoms with Gasteiger partial charge in [0.2, 0.25) is 5.91 Å². The summed E-state index contributed by atoms with van der Waals surface area (Å²) in [5.41, 5.74) is 0.631. The van der Waals surface area contributed by atoms with Crippen molar-refractivity contribution >= 4 is 22.3 Å². The van der Waals surface area contributed by atoms with Crippen LogP contribution in [0, 0.1) is 0 Å². The van der Waals surface area contributed by atoms with Crippen LogP contribution in [0.15, 0.2) is 11.6 Å². The lowest BCUT2D eigenvalue weighted by atomic mass is 10.00. The average Bonchev–Trinajstić information content (AvgIpc) is 2.77. The Hall–Kier alpha value is -1.69. The molecule has 0 aromatic rings. The van der Waals surface area contributed by atoms with Crippen LogP contribution in [0.3, 0.4) is 0 Å². The molecule has 3 aliphatic rings. The van der Waals surface area contributed by atoms with Crippen molar-refractivity contribution in [2.24, 2.45) is 0 Å². The highest BCUT2D eigenvalue weighted by Gasteiger charge is 2.49. The van der Waals surface area contributed by atoms with Gasteiger partial charge in [-0.1, -0.05) is 6.08 Å². The van der Waals surface area contributed by atoms with Crippen LogP contribution in [-0.2, 0) is 19.5 Å². The van der Waals surface area contributed by atoms with E-state index in [1.165, 1.54) is 4.90 Å². The van der Waals surface area contributed by atoms with Gasteiger partial charge in [-0.15, -0.1) is 4.28 Å². The summed E-state index contributed by atoms with van der Waals surface area (Å²) in [4.78, 5) is 26.1. The van der Waals surface area contributed by atoms with E-state index in [9.17, 15) is 18.0 Å². The number of hydroxylamine groups is 2. The second-order valence-electron chi connectivity index (χ2n) is 6.17. The van der Waals surface area contributed by atoms with Gasteiger partial charge < -0.3 is 15.5 Å². The van der Waals surface area contributed by atoms with E-state index in [0.717, 1.165) is 25.9 Å². The Kier molecular flexibility index (Phi) is 4.51. The normalized spacial score (nSPS) is 28.1. The summed E-state index contributed by atoms with van der Waals surface area (Å²) >= 11 is 0. The fourth-order valence-corrected chi connectivity index (χ4v) is 3.64. The highest BCUT2D eigenvalue weighted by Crippen LogP contribution is 2.30. The highest BCUT2D eigenvalue weighted by atomic mass is 32.3. The molecule has 0 radical (unpaired) electrons. The zero-order valence-electron chi connectivity index (χ0n) is 13.1. The molecule has 3 amide bonds. The van der Waals surface area contributed by atoms with Crippen LogP contribution in [0.4, 0.5) is 4.79 Å². The molecule has 134 valence electrons. The molecular weight excluding hydrogens is 340 g/mol. The van der Waals surface area contributed by atoms with Gasteiger partial charge in [-0.05, 0) is 38.4 Å². The number of hydrogen-bond acceptors (Lipinski definition) is 6. The van der Waals surface area contributed by atoms with Crippen LogP contribution in [0.5, 0.6) is 0 Å². The van der Waals surface area contributed by atoms with Crippen LogP contribution in [0.25, 0.3) is 0 Å². The van der Waals surface area contributed by atoms with Crippen molar-refractivity contribution < 1.29 is 26.8 Å². The van der Waals surface area contributed by atoms with E-state index in [1.54, 1.807) is 13.0 Å². The van der Waals surface area contributed by atoms with Gasteiger partial charge in [0, 0.05) is 6.04 Å². The second kappa shape index (κ2) is 6.31. The molecule has 2 atom stereocenters. The first-order valence-electron chi connectivity index (χ1n) is 7.72. The predicted molar refractivity (Wildman–Crippen MR) is 81.9 cm³/mol. The van der Waals surface area contributed by atoms with Gasteiger partial charge in [0.05, 0.1) is 6.54 Å². The second-order valence-corrected chi connectivity index (χ2v) is 7.17. The quantitative estimate of drug-likeness (QED) is 0.434. The number of nitrogens with zero attached hydrogens (tertiary/aromatic N) is 2. The molecule has 0 unspecified atom stereocenters. The molecule has 3 rings (SSSR count). The summed E-state index contributed by atoms with van der Waals surface area (Å²) in [5.74, 6) is -0.304. The fourth-order valence-electron chi connectivity index (χ4n) is 3.27. The summed E-state index contributed by atoms with van der Waals surface area (Å²) in [6.07, 6.45) is 3.25. The highest BCUT2D eigenvalue weighted by molar-refractivity contribution is 7.80. The van der Waals surface area contributed by atoms with Crippen LogP contribution in [-0.4, -0.2) is 72.6 Å². The van der Waals surface area contributed by atoms with Crippen LogP contribution in [0.1, 0.15) is 19.8 Å². The van der Waals surface area contributed by atoms with Gasteiger partial charge in [0.15, 0.2) is 0 Å². The standard InChI is InChI=1S/C13H20N4O6S/c1-8-6-10(12(18)15-9-2-4-14-5-3-9)16-7-11(8)17(13(16)19)23-24(20,21)22/h6,9-11,14H,2-5,7H2,1H3,(H,15,18)(H,20,21,22)/t10-,11+/m0/s1. The van der Waals surface area contributed by atoms with Gasteiger partial charge in [0.25, 0.3) is 0 Å². The molecule has 0 spiro atoms. The lowest BCUT2D eigenvalue weighted by molar-refractivity contribution is -0.124. The molecule has 11 heteroatoms. The number of nitrogens with one attached hydrogen (secondary N) is 2. The average molecular weight is 360 g/mol. The number of rotatable bonds is 4. The Balaban J connectivity index is 1.74. The monoisotopic (exact) mass is 360 g/mol. The zero-order valence-corrected chi connectivity index (χ0v) is 14.0. The Morgan fingerprint density at radius 1 is 1.42 bits per heavy atom. The Bertz CT molecular complexity index is 672. The minimum Gasteiger partial charge on any atom is -0.351 e. The largest absolute Gasteiger partial charge is 0.418 e. The Labute approximate surface area is 139 Å². The molecule has 0 aromatic heterocycles.